The number of aliphatic imine (C=N–C) groups is 1. The number of fused-ring (bicyclic) bond motifs is 3. The van der Waals surface area contributed by atoms with Crippen molar-refractivity contribution in [2.45, 2.75) is 19.6 Å². The van der Waals surface area contributed by atoms with E-state index in [2.05, 4.69) is 15.0 Å². The molecule has 0 saturated carbocycles. The molecular weight excluding hydrogens is 481 g/mol. The number of anilines is 2. The van der Waals surface area contributed by atoms with Crippen molar-refractivity contribution < 1.29 is 13.5 Å². The second-order valence-corrected chi connectivity index (χ2v) is 9.13. The molecule has 2 aliphatic heterocycles. The summed E-state index contributed by atoms with van der Waals surface area (Å²) in [4.78, 5) is 26.5. The smallest absolute Gasteiger partial charge is 0.343 e. The van der Waals surface area contributed by atoms with Gasteiger partial charge in [0.05, 0.1) is 19.1 Å². The number of ether oxygens (including phenoxy) is 1. The minimum atomic E-state index is -0.348. The standard InChI is InChI=1S/C24H28FN9O3/c1-15-27-20(19-4-3-13-37-19)21-22(33(15)26)28-23-32(24(35)29-34(21)23)12-9-30-7-10-31(11-8-30)18-6-5-16(36-2)14-17(18)25/h3-6,13-15H,7-12,26H2,1-2H3,(H,29,35). The maximum atomic E-state index is 14.5. The quantitative estimate of drug-likeness (QED) is 0.372. The topological polar surface area (TPSA) is 126 Å². The Kier molecular flexibility index (Phi) is 5.72. The third-order valence-electron chi connectivity index (χ3n) is 6.98. The van der Waals surface area contributed by atoms with Crippen LogP contribution in [0.1, 0.15) is 18.4 Å². The summed E-state index contributed by atoms with van der Waals surface area (Å²) in [5, 5.41) is 4.35. The highest BCUT2D eigenvalue weighted by Gasteiger charge is 2.33. The van der Waals surface area contributed by atoms with E-state index in [0.717, 1.165) is 13.1 Å². The van der Waals surface area contributed by atoms with Crippen LogP contribution in [0, 0.1) is 5.82 Å². The first-order valence-electron chi connectivity index (χ1n) is 12.1. The zero-order valence-electron chi connectivity index (χ0n) is 20.6. The maximum absolute atomic E-state index is 14.5. The number of hydrogen-bond acceptors (Lipinski definition) is 9. The lowest BCUT2D eigenvalue weighted by atomic mass is 10.1. The maximum Gasteiger partial charge on any atom is 0.343 e. The van der Waals surface area contributed by atoms with Gasteiger partial charge in [0.2, 0.25) is 5.78 Å². The Balaban J connectivity index is 1.19. The summed E-state index contributed by atoms with van der Waals surface area (Å²) in [5.74, 6) is 8.02. The Hall–Kier alpha value is -4.10. The van der Waals surface area contributed by atoms with Gasteiger partial charge in [-0.1, -0.05) is 0 Å². The van der Waals surface area contributed by atoms with Crippen LogP contribution < -0.4 is 26.2 Å². The van der Waals surface area contributed by atoms with E-state index >= 15 is 0 Å². The van der Waals surface area contributed by atoms with Gasteiger partial charge in [-0.2, -0.15) is 4.98 Å². The van der Waals surface area contributed by atoms with Gasteiger partial charge in [-0.15, -0.1) is 0 Å². The second kappa shape index (κ2) is 9.09. The third kappa shape index (κ3) is 3.96. The van der Waals surface area contributed by atoms with Crippen molar-refractivity contribution in [1.29, 1.82) is 0 Å². The molecule has 0 amide bonds. The number of halogens is 1. The van der Waals surface area contributed by atoms with Crippen molar-refractivity contribution in [1.82, 2.24) is 24.1 Å². The fraction of sp³-hybridized carbons (Fsp3) is 0.375. The van der Waals surface area contributed by atoms with Crippen molar-refractivity contribution in [3.63, 3.8) is 0 Å². The first-order chi connectivity index (χ1) is 17.9. The van der Waals surface area contributed by atoms with Crippen LogP contribution in [0.3, 0.4) is 0 Å². The van der Waals surface area contributed by atoms with Gasteiger partial charge in [0, 0.05) is 45.3 Å². The average molecular weight is 510 g/mol. The Labute approximate surface area is 211 Å². The molecule has 12 nitrogen and oxygen atoms in total. The van der Waals surface area contributed by atoms with E-state index in [1.54, 1.807) is 33.5 Å². The van der Waals surface area contributed by atoms with Crippen LogP contribution in [0.15, 0.2) is 50.8 Å². The number of H-pyrrole nitrogens is 1. The van der Waals surface area contributed by atoms with Gasteiger partial charge < -0.3 is 14.1 Å². The molecule has 3 aromatic heterocycles. The summed E-state index contributed by atoms with van der Waals surface area (Å²) in [6.07, 6.45) is 1.23. The lowest BCUT2D eigenvalue weighted by Crippen LogP contribution is -2.47. The summed E-state index contributed by atoms with van der Waals surface area (Å²) >= 11 is 0. The zero-order valence-corrected chi connectivity index (χ0v) is 20.6. The van der Waals surface area contributed by atoms with Crippen LogP contribution in [-0.4, -0.2) is 75.8 Å². The van der Waals surface area contributed by atoms with Crippen molar-refractivity contribution in [3.8, 4) is 5.75 Å². The molecule has 37 heavy (non-hydrogen) atoms. The zero-order chi connectivity index (χ0) is 25.7. The van der Waals surface area contributed by atoms with E-state index in [0.29, 0.717) is 66.4 Å². The monoisotopic (exact) mass is 509 g/mol. The number of nitrogens with two attached hydrogens (primary N) is 1. The molecule has 13 heteroatoms. The van der Waals surface area contributed by atoms with E-state index in [4.69, 9.17) is 20.0 Å². The minimum absolute atomic E-state index is 0.273. The predicted molar refractivity (Wildman–Crippen MR) is 136 cm³/mol. The fourth-order valence-electron chi connectivity index (χ4n) is 4.93. The minimum Gasteiger partial charge on any atom is -0.497 e. The molecule has 194 valence electrons. The number of imidazole rings is 1. The van der Waals surface area contributed by atoms with Gasteiger partial charge >= 0.3 is 5.69 Å². The second-order valence-electron chi connectivity index (χ2n) is 9.13. The molecule has 1 unspecified atom stereocenters. The number of piperazine rings is 1. The van der Waals surface area contributed by atoms with Gasteiger partial charge in [0.15, 0.2) is 11.6 Å². The predicted octanol–water partition coefficient (Wildman–Crippen LogP) is 1.26. The molecule has 1 aromatic carbocycles. The van der Waals surface area contributed by atoms with Crippen molar-refractivity contribution >= 4 is 23.0 Å². The van der Waals surface area contributed by atoms with Crippen LogP contribution in [-0.2, 0) is 6.54 Å². The molecule has 1 saturated heterocycles. The van der Waals surface area contributed by atoms with Crippen LogP contribution in [0.25, 0.3) is 5.78 Å². The molecule has 0 radical (unpaired) electrons. The first-order valence-corrected chi connectivity index (χ1v) is 12.1. The molecular formula is C24H28FN9O3. The van der Waals surface area contributed by atoms with Gasteiger partial charge in [-0.25, -0.2) is 24.6 Å². The average Bonchev–Trinajstić information content (AvgIpc) is 3.62. The van der Waals surface area contributed by atoms with E-state index in [-0.39, 0.29) is 17.7 Å². The summed E-state index contributed by atoms with van der Waals surface area (Å²) < 4.78 is 28.4. The number of benzene rings is 1. The number of hydrazine groups is 1. The number of aromatic nitrogens is 4. The first kappa shape index (κ1) is 23.3. The Morgan fingerprint density at radius 3 is 2.73 bits per heavy atom. The lowest BCUT2D eigenvalue weighted by molar-refractivity contribution is 0.247. The summed E-state index contributed by atoms with van der Waals surface area (Å²) in [7, 11) is 1.52. The molecule has 1 fully saturated rings. The fourth-order valence-corrected chi connectivity index (χ4v) is 4.93. The molecule has 0 bridgehead atoms. The van der Waals surface area contributed by atoms with Gasteiger partial charge in [0.25, 0.3) is 0 Å². The van der Waals surface area contributed by atoms with E-state index in [9.17, 15) is 9.18 Å². The Morgan fingerprint density at radius 1 is 1.22 bits per heavy atom. The molecule has 1 atom stereocenters. The summed E-state index contributed by atoms with van der Waals surface area (Å²) in [5.41, 5.74) is 1.46. The number of nitrogens with zero attached hydrogens (tertiary/aromatic N) is 7. The van der Waals surface area contributed by atoms with Crippen molar-refractivity contribution in [3.05, 3.63) is 64.4 Å². The number of furan rings is 1. The van der Waals surface area contributed by atoms with E-state index in [1.807, 2.05) is 17.9 Å². The number of aromatic amines is 1. The normalized spacial score (nSPS) is 18.4. The number of rotatable bonds is 6. The molecule has 2 aliphatic rings. The van der Waals surface area contributed by atoms with Gasteiger partial charge in [0.1, 0.15) is 29.1 Å². The van der Waals surface area contributed by atoms with Crippen molar-refractivity contribution in [2.24, 2.45) is 10.8 Å². The Morgan fingerprint density at radius 2 is 2.03 bits per heavy atom. The highest BCUT2D eigenvalue weighted by Crippen LogP contribution is 2.29. The highest BCUT2D eigenvalue weighted by molar-refractivity contribution is 6.14. The van der Waals surface area contributed by atoms with Crippen molar-refractivity contribution in [2.75, 3.05) is 49.7 Å². The van der Waals surface area contributed by atoms with Crippen LogP contribution in [0.5, 0.6) is 5.75 Å². The van der Waals surface area contributed by atoms with Crippen LogP contribution in [0.2, 0.25) is 0 Å². The Bertz CT molecular complexity index is 1510. The third-order valence-corrected chi connectivity index (χ3v) is 6.98. The molecule has 3 N–H and O–H groups in total. The molecule has 6 rings (SSSR count). The molecule has 0 aliphatic carbocycles. The largest absolute Gasteiger partial charge is 0.497 e. The summed E-state index contributed by atoms with van der Waals surface area (Å²) in [6, 6.07) is 8.52. The SMILES string of the molecule is COc1ccc(N2CCN(CCn3c(=O)[nH]n4c5c(nc34)N(N)C(C)N=C5c3ccco3)CC2)c(F)c1. The lowest BCUT2D eigenvalue weighted by Gasteiger charge is -2.36. The van der Waals surface area contributed by atoms with E-state index in [1.165, 1.54) is 18.2 Å². The number of methoxy groups -OCH3 is 1. The number of nitrogens with one attached hydrogen (secondary N) is 1. The molecule has 5 heterocycles. The van der Waals surface area contributed by atoms with Crippen LogP contribution in [0.4, 0.5) is 15.9 Å². The van der Waals surface area contributed by atoms with Gasteiger partial charge in [-0.3, -0.25) is 19.5 Å². The van der Waals surface area contributed by atoms with E-state index < -0.39 is 0 Å². The molecule has 4 aromatic rings. The number of hydrogen-bond donors (Lipinski definition) is 2. The molecule has 0 spiro atoms. The van der Waals surface area contributed by atoms with Crippen LogP contribution >= 0.6 is 0 Å². The summed E-state index contributed by atoms with van der Waals surface area (Å²) in [6.45, 7) is 5.80. The highest BCUT2D eigenvalue weighted by atomic mass is 19.1. The van der Waals surface area contributed by atoms with Gasteiger partial charge in [-0.05, 0) is 31.2 Å².